The summed E-state index contributed by atoms with van der Waals surface area (Å²) in [6, 6.07) is 72.7. The summed E-state index contributed by atoms with van der Waals surface area (Å²) >= 11 is 1.84. The molecular weight excluding hydrogens is 974 g/mol. The zero-order valence-corrected chi connectivity index (χ0v) is 47.3. The maximum atomic E-state index is 9.65. The second kappa shape index (κ2) is 19.2. The molecule has 0 amide bonds. The molecule has 0 unspecified atom stereocenters. The molecule has 386 valence electrons. The van der Waals surface area contributed by atoms with Gasteiger partial charge in [-0.2, -0.15) is 0 Å². The third-order valence-electron chi connectivity index (χ3n) is 16.0. The van der Waals surface area contributed by atoms with Crippen molar-refractivity contribution in [3.8, 4) is 33.4 Å². The predicted molar refractivity (Wildman–Crippen MR) is 343 cm³/mol. The molecule has 0 radical (unpaired) electrons. The number of rotatable bonds is 8. The van der Waals surface area contributed by atoms with Crippen molar-refractivity contribution >= 4 is 95.0 Å². The van der Waals surface area contributed by atoms with E-state index >= 15 is 0 Å². The summed E-state index contributed by atoms with van der Waals surface area (Å²) in [5.41, 5.74) is 19.0. The van der Waals surface area contributed by atoms with Crippen LogP contribution in [0.5, 0.6) is 0 Å². The number of benzene rings is 10. The average Bonchev–Trinajstić information content (AvgIpc) is 1.23. The summed E-state index contributed by atoms with van der Waals surface area (Å²) in [6.07, 6.45) is 0. The van der Waals surface area contributed by atoms with Crippen molar-refractivity contribution in [2.75, 3.05) is 14.7 Å². The topological polar surface area (TPSA) is 9.72 Å². The Bertz CT molecular complexity index is 4360. The second-order valence-electron chi connectivity index (χ2n) is 24.2. The van der Waals surface area contributed by atoms with E-state index in [-0.39, 0.29) is 52.7 Å². The van der Waals surface area contributed by atoms with Crippen LogP contribution in [0, 0.1) is 0 Å². The van der Waals surface area contributed by atoms with E-state index in [1.807, 2.05) is 11.3 Å². The van der Waals surface area contributed by atoms with Crippen LogP contribution < -0.4 is 30.4 Å². The molecule has 3 nitrogen and oxygen atoms in total. The highest BCUT2D eigenvalue weighted by Gasteiger charge is 2.46. The molecule has 0 aliphatic carbocycles. The van der Waals surface area contributed by atoms with Crippen molar-refractivity contribution in [2.45, 2.75) is 78.6 Å². The predicted octanol–water partition coefficient (Wildman–Crippen LogP) is 19.3. The van der Waals surface area contributed by atoms with Gasteiger partial charge in [-0.15, -0.1) is 11.3 Å². The minimum Gasteiger partial charge on any atom is -0.311 e. The SMILES string of the molecule is [2H]c1c([2H])c([2H])c(-c2cc3c4c(c2)N(c2ccc(C(C)(C)C)cc2)c2c(sc5ccc(C(C)(C)C)cc25)B4c2ccc(N(c4ccccc4)c4ccccc4-c4ccccc4)cc2N3c2ccc(C(C)(C)C)cc2-c2ccccc2)c([2H])c1[2H]. The standard InChI is InChI=1S/C74H66BN3S/c1-72(2,3)53-34-38-57(39-35-53)77-66-44-52(49-24-14-10-15-25-49)45-67-69(66)75(71-70(77)61-47-55(74(7,8)9)37-43-68(61)79-71)62-41-40-58(76(56-30-20-13-21-31-56)63-33-23-22-32-59(63)50-26-16-11-17-27-50)48-65(62)78(67)64-42-36-54(73(4,5)6)46-60(64)51-28-18-12-19-29-51/h10-48H,1-9H3/i10D,14D,15D,24D,25D. The van der Waals surface area contributed by atoms with E-state index in [0.717, 1.165) is 89.8 Å². The molecule has 0 fully saturated rings. The second-order valence-corrected chi connectivity index (χ2v) is 25.3. The Morgan fingerprint density at radius 2 is 1.00 bits per heavy atom. The fourth-order valence-corrected chi connectivity index (χ4v) is 13.1. The van der Waals surface area contributed by atoms with Gasteiger partial charge in [0.15, 0.2) is 0 Å². The van der Waals surface area contributed by atoms with Crippen molar-refractivity contribution in [1.29, 1.82) is 0 Å². The Labute approximate surface area is 479 Å². The monoisotopic (exact) mass is 1040 g/mol. The maximum Gasteiger partial charge on any atom is 0.264 e. The van der Waals surface area contributed by atoms with E-state index in [1.165, 1.54) is 26.2 Å². The zero-order valence-electron chi connectivity index (χ0n) is 51.5. The van der Waals surface area contributed by atoms with Gasteiger partial charge < -0.3 is 14.7 Å². The van der Waals surface area contributed by atoms with Gasteiger partial charge in [0.2, 0.25) is 0 Å². The molecule has 5 heteroatoms. The van der Waals surface area contributed by atoms with E-state index in [2.05, 4.69) is 283 Å². The van der Waals surface area contributed by atoms with Crippen molar-refractivity contribution in [2.24, 2.45) is 0 Å². The highest BCUT2D eigenvalue weighted by atomic mass is 32.1. The van der Waals surface area contributed by atoms with Gasteiger partial charge in [0.05, 0.1) is 23.9 Å². The Kier molecular flexibility index (Phi) is 10.8. The molecule has 0 spiro atoms. The molecule has 11 aromatic rings. The van der Waals surface area contributed by atoms with Gasteiger partial charge in [-0.3, -0.25) is 0 Å². The van der Waals surface area contributed by atoms with Gasteiger partial charge in [-0.05, 0) is 145 Å². The number of thiophene rings is 1. The molecule has 0 saturated carbocycles. The van der Waals surface area contributed by atoms with Crippen LogP contribution in [0.3, 0.4) is 0 Å². The van der Waals surface area contributed by atoms with E-state index in [9.17, 15) is 2.74 Å². The summed E-state index contributed by atoms with van der Waals surface area (Å²) in [5.74, 6) is 0. The van der Waals surface area contributed by atoms with E-state index < -0.39 is 6.04 Å². The van der Waals surface area contributed by atoms with Crippen LogP contribution in [-0.4, -0.2) is 6.71 Å². The first kappa shape index (κ1) is 44.6. The van der Waals surface area contributed by atoms with Crippen LogP contribution in [0.25, 0.3) is 43.5 Å². The molecule has 1 aromatic heterocycles. The van der Waals surface area contributed by atoms with Gasteiger partial charge in [0.1, 0.15) is 0 Å². The Morgan fingerprint density at radius 3 is 1.66 bits per heavy atom. The van der Waals surface area contributed by atoms with Gasteiger partial charge in [-0.25, -0.2) is 0 Å². The lowest BCUT2D eigenvalue weighted by Gasteiger charge is -2.44. The van der Waals surface area contributed by atoms with Crippen LogP contribution in [0.2, 0.25) is 0 Å². The molecule has 0 atom stereocenters. The van der Waals surface area contributed by atoms with E-state index in [4.69, 9.17) is 4.11 Å². The normalized spacial score (nSPS) is 13.9. The number of nitrogens with zero attached hydrogens (tertiary/aromatic N) is 3. The molecule has 0 bridgehead atoms. The minimum absolute atomic E-state index is 0.102. The number of anilines is 9. The first-order valence-corrected chi connectivity index (χ1v) is 28.4. The summed E-state index contributed by atoms with van der Waals surface area (Å²) in [6.45, 7) is 20.0. The lowest BCUT2D eigenvalue weighted by Crippen LogP contribution is -2.60. The Morgan fingerprint density at radius 1 is 0.430 bits per heavy atom. The number of hydrogen-bond donors (Lipinski definition) is 0. The van der Waals surface area contributed by atoms with E-state index in [0.29, 0.717) is 5.56 Å². The average molecular weight is 1050 g/mol. The molecule has 13 rings (SSSR count). The Hall–Kier alpha value is -8.38. The minimum atomic E-state index is -0.427. The lowest BCUT2D eigenvalue weighted by molar-refractivity contribution is 0.590. The smallest absolute Gasteiger partial charge is 0.264 e. The third-order valence-corrected chi connectivity index (χ3v) is 17.2. The third kappa shape index (κ3) is 8.85. The van der Waals surface area contributed by atoms with Crippen LogP contribution in [0.4, 0.5) is 51.2 Å². The van der Waals surface area contributed by atoms with Crippen LogP contribution in [0.15, 0.2) is 236 Å². The van der Waals surface area contributed by atoms with Gasteiger partial charge >= 0.3 is 0 Å². The fourth-order valence-electron chi connectivity index (χ4n) is 11.8. The van der Waals surface area contributed by atoms with E-state index in [1.54, 1.807) is 0 Å². The molecule has 2 aliphatic rings. The van der Waals surface area contributed by atoms with Crippen LogP contribution in [0.1, 0.15) is 85.9 Å². The number of para-hydroxylation sites is 2. The molecule has 0 saturated heterocycles. The maximum absolute atomic E-state index is 9.65. The van der Waals surface area contributed by atoms with Crippen LogP contribution in [-0.2, 0) is 16.2 Å². The molecule has 2 aliphatic heterocycles. The van der Waals surface area contributed by atoms with Crippen molar-refractivity contribution in [3.05, 3.63) is 253 Å². The first-order chi connectivity index (χ1) is 40.2. The van der Waals surface area contributed by atoms with Gasteiger partial charge in [0, 0.05) is 60.1 Å². The quantitative estimate of drug-likeness (QED) is 0.140. The van der Waals surface area contributed by atoms with Gasteiger partial charge in [-0.1, -0.05) is 220 Å². The summed E-state index contributed by atoms with van der Waals surface area (Å²) in [5, 5.41) is 1.14. The van der Waals surface area contributed by atoms with Crippen molar-refractivity contribution in [1.82, 2.24) is 0 Å². The molecular formula is C74H66BN3S. The Balaban J connectivity index is 1.20. The highest BCUT2D eigenvalue weighted by Crippen LogP contribution is 2.53. The molecule has 3 heterocycles. The number of hydrogen-bond acceptors (Lipinski definition) is 4. The first-order valence-electron chi connectivity index (χ1n) is 30.0. The molecule has 0 N–H and O–H groups in total. The lowest BCUT2D eigenvalue weighted by atomic mass is 9.36. The largest absolute Gasteiger partial charge is 0.311 e. The van der Waals surface area contributed by atoms with Crippen LogP contribution >= 0.6 is 11.3 Å². The number of fused-ring (bicyclic) bond motifs is 6. The molecule has 79 heavy (non-hydrogen) atoms. The summed E-state index contributed by atoms with van der Waals surface area (Å²) in [7, 11) is 0. The highest BCUT2D eigenvalue weighted by molar-refractivity contribution is 7.33. The summed E-state index contributed by atoms with van der Waals surface area (Å²) < 4.78 is 48.7. The zero-order chi connectivity index (χ0) is 58.7. The van der Waals surface area contributed by atoms with Crippen molar-refractivity contribution < 1.29 is 6.85 Å². The van der Waals surface area contributed by atoms with Gasteiger partial charge in [0.25, 0.3) is 6.71 Å². The van der Waals surface area contributed by atoms with Crippen molar-refractivity contribution in [3.63, 3.8) is 0 Å². The molecule has 10 aromatic carbocycles. The fraction of sp³-hybridized carbons (Fsp3) is 0.162. The summed E-state index contributed by atoms with van der Waals surface area (Å²) in [4.78, 5) is 7.20.